The van der Waals surface area contributed by atoms with Crippen LogP contribution in [0.15, 0.2) is 29.1 Å². The molecule has 0 saturated heterocycles. The Labute approximate surface area is 115 Å². The first-order valence-electron chi connectivity index (χ1n) is 7.19. The standard InChI is InChI=1S/C15H16FN3O/c16-11-6-4-10(5-7-11)13-8-9-14-17-19(12-2-1-3-12)15(20)18(13)14/h4-7,12-13H,1-3,8-9H2. The van der Waals surface area contributed by atoms with Crippen LogP contribution in [0.1, 0.15) is 49.2 Å². The molecule has 2 heterocycles. The minimum absolute atomic E-state index is 0.00322. The normalized spacial score (nSPS) is 21.8. The van der Waals surface area contributed by atoms with Crippen molar-refractivity contribution in [1.29, 1.82) is 0 Å². The molecule has 1 fully saturated rings. The van der Waals surface area contributed by atoms with E-state index in [-0.39, 0.29) is 23.6 Å². The molecule has 5 heteroatoms. The van der Waals surface area contributed by atoms with E-state index in [0.29, 0.717) is 0 Å². The van der Waals surface area contributed by atoms with Gasteiger partial charge in [-0.2, -0.15) is 5.10 Å². The van der Waals surface area contributed by atoms with Crippen LogP contribution in [0, 0.1) is 5.82 Å². The first kappa shape index (κ1) is 11.9. The SMILES string of the molecule is O=c1n(C2CCC2)nc2n1C(c1ccc(F)cc1)CC2. The van der Waals surface area contributed by atoms with E-state index in [4.69, 9.17) is 0 Å². The Hall–Kier alpha value is -1.91. The Kier molecular flexibility index (Phi) is 2.55. The van der Waals surface area contributed by atoms with Crippen LogP contribution in [0.4, 0.5) is 4.39 Å². The number of aromatic nitrogens is 3. The lowest BCUT2D eigenvalue weighted by Gasteiger charge is -2.24. The van der Waals surface area contributed by atoms with E-state index < -0.39 is 0 Å². The van der Waals surface area contributed by atoms with Gasteiger partial charge in [0.05, 0.1) is 12.1 Å². The van der Waals surface area contributed by atoms with E-state index in [0.717, 1.165) is 37.1 Å². The lowest BCUT2D eigenvalue weighted by atomic mass is 9.93. The molecule has 1 aliphatic heterocycles. The lowest BCUT2D eigenvalue weighted by Crippen LogP contribution is -2.32. The Balaban J connectivity index is 1.75. The summed E-state index contributed by atoms with van der Waals surface area (Å²) in [5.41, 5.74) is 0.983. The van der Waals surface area contributed by atoms with Crippen molar-refractivity contribution >= 4 is 0 Å². The molecule has 20 heavy (non-hydrogen) atoms. The minimum Gasteiger partial charge on any atom is -0.271 e. The first-order valence-corrected chi connectivity index (χ1v) is 7.19. The van der Waals surface area contributed by atoms with Crippen LogP contribution in [0.5, 0.6) is 0 Å². The second-order valence-electron chi connectivity index (χ2n) is 5.70. The summed E-state index contributed by atoms with van der Waals surface area (Å²) in [6, 6.07) is 6.73. The van der Waals surface area contributed by atoms with Crippen LogP contribution in [0.2, 0.25) is 0 Å². The van der Waals surface area contributed by atoms with Gasteiger partial charge < -0.3 is 0 Å². The highest BCUT2D eigenvalue weighted by Crippen LogP contribution is 2.33. The quantitative estimate of drug-likeness (QED) is 0.843. The van der Waals surface area contributed by atoms with Gasteiger partial charge in [-0.25, -0.2) is 13.9 Å². The summed E-state index contributed by atoms with van der Waals surface area (Å²) in [6.07, 6.45) is 4.97. The fourth-order valence-electron chi connectivity index (χ4n) is 3.18. The van der Waals surface area contributed by atoms with Crippen molar-refractivity contribution in [2.75, 3.05) is 0 Å². The van der Waals surface area contributed by atoms with E-state index in [9.17, 15) is 9.18 Å². The molecule has 0 N–H and O–H groups in total. The maximum atomic E-state index is 13.0. The predicted molar refractivity (Wildman–Crippen MR) is 72.2 cm³/mol. The summed E-state index contributed by atoms with van der Waals surface area (Å²) in [6.45, 7) is 0. The van der Waals surface area contributed by atoms with E-state index >= 15 is 0 Å². The number of hydrogen-bond donors (Lipinski definition) is 0. The summed E-state index contributed by atoms with van der Waals surface area (Å²) in [5, 5.41) is 4.50. The van der Waals surface area contributed by atoms with Gasteiger partial charge in [0, 0.05) is 6.42 Å². The molecular formula is C15H16FN3O. The molecule has 104 valence electrons. The molecule has 1 aromatic carbocycles. The zero-order chi connectivity index (χ0) is 13.7. The van der Waals surface area contributed by atoms with Gasteiger partial charge in [-0.1, -0.05) is 12.1 Å². The largest absolute Gasteiger partial charge is 0.346 e. The van der Waals surface area contributed by atoms with E-state index in [1.54, 1.807) is 21.4 Å². The zero-order valence-corrected chi connectivity index (χ0v) is 11.1. The maximum absolute atomic E-state index is 13.0. The van der Waals surface area contributed by atoms with Crippen molar-refractivity contribution in [2.45, 2.75) is 44.2 Å². The van der Waals surface area contributed by atoms with Crippen LogP contribution in [0.3, 0.4) is 0 Å². The van der Waals surface area contributed by atoms with Crippen molar-refractivity contribution < 1.29 is 4.39 Å². The summed E-state index contributed by atoms with van der Waals surface area (Å²) < 4.78 is 16.5. The number of benzene rings is 1. The monoisotopic (exact) mass is 273 g/mol. The topological polar surface area (TPSA) is 39.8 Å². The second-order valence-corrected chi connectivity index (χ2v) is 5.70. The second kappa shape index (κ2) is 4.30. The molecule has 0 bridgehead atoms. The van der Waals surface area contributed by atoms with Gasteiger partial charge in [0.2, 0.25) is 0 Å². The number of halogens is 1. The molecule has 4 nitrogen and oxygen atoms in total. The van der Waals surface area contributed by atoms with Gasteiger partial charge in [0.1, 0.15) is 11.6 Å². The van der Waals surface area contributed by atoms with Crippen LogP contribution in [0.25, 0.3) is 0 Å². The fourth-order valence-corrected chi connectivity index (χ4v) is 3.18. The smallest absolute Gasteiger partial charge is 0.271 e. The highest BCUT2D eigenvalue weighted by Gasteiger charge is 2.32. The van der Waals surface area contributed by atoms with Gasteiger partial charge in [0.25, 0.3) is 0 Å². The highest BCUT2D eigenvalue weighted by atomic mass is 19.1. The first-order chi connectivity index (χ1) is 9.74. The molecule has 1 aliphatic carbocycles. The van der Waals surface area contributed by atoms with Crippen molar-refractivity contribution in [3.63, 3.8) is 0 Å². The van der Waals surface area contributed by atoms with Crippen LogP contribution in [-0.2, 0) is 6.42 Å². The van der Waals surface area contributed by atoms with Gasteiger partial charge >= 0.3 is 5.69 Å². The number of aryl methyl sites for hydroxylation is 1. The van der Waals surface area contributed by atoms with Gasteiger partial charge in [-0.05, 0) is 43.4 Å². The van der Waals surface area contributed by atoms with Crippen molar-refractivity contribution in [2.24, 2.45) is 0 Å². The Morgan fingerprint density at radius 2 is 1.90 bits per heavy atom. The summed E-state index contributed by atoms with van der Waals surface area (Å²) in [4.78, 5) is 12.5. The Morgan fingerprint density at radius 1 is 1.15 bits per heavy atom. The fraction of sp³-hybridized carbons (Fsp3) is 0.467. The molecular weight excluding hydrogens is 257 g/mol. The van der Waals surface area contributed by atoms with Crippen LogP contribution < -0.4 is 5.69 Å². The van der Waals surface area contributed by atoms with Crippen molar-refractivity contribution in [1.82, 2.24) is 14.3 Å². The predicted octanol–water partition coefficient (Wildman–Crippen LogP) is 2.44. The number of hydrogen-bond acceptors (Lipinski definition) is 2. The third kappa shape index (κ3) is 1.65. The summed E-state index contributed by atoms with van der Waals surface area (Å²) in [5.74, 6) is 0.626. The molecule has 0 amide bonds. The number of nitrogens with zero attached hydrogens (tertiary/aromatic N) is 3. The lowest BCUT2D eigenvalue weighted by molar-refractivity contribution is 0.277. The summed E-state index contributed by atoms with van der Waals surface area (Å²) in [7, 11) is 0. The zero-order valence-electron chi connectivity index (χ0n) is 11.1. The van der Waals surface area contributed by atoms with E-state index in [1.165, 1.54) is 18.6 Å². The van der Waals surface area contributed by atoms with Gasteiger partial charge in [-0.3, -0.25) is 4.57 Å². The molecule has 1 atom stereocenters. The molecule has 2 aliphatic rings. The molecule has 1 saturated carbocycles. The minimum atomic E-state index is -0.246. The van der Waals surface area contributed by atoms with Gasteiger partial charge in [0.15, 0.2) is 0 Å². The molecule has 0 spiro atoms. The average molecular weight is 273 g/mol. The Bertz CT molecular complexity index is 697. The van der Waals surface area contributed by atoms with Crippen LogP contribution >= 0.6 is 0 Å². The third-order valence-electron chi connectivity index (χ3n) is 4.53. The van der Waals surface area contributed by atoms with Crippen molar-refractivity contribution in [3.05, 3.63) is 52.0 Å². The van der Waals surface area contributed by atoms with Gasteiger partial charge in [-0.15, -0.1) is 0 Å². The molecule has 0 radical (unpaired) electrons. The average Bonchev–Trinajstić information content (AvgIpc) is 2.91. The summed E-state index contributed by atoms with van der Waals surface area (Å²) >= 11 is 0. The molecule has 2 aromatic rings. The van der Waals surface area contributed by atoms with E-state index in [2.05, 4.69) is 5.10 Å². The van der Waals surface area contributed by atoms with E-state index in [1.807, 2.05) is 0 Å². The Morgan fingerprint density at radius 3 is 2.55 bits per heavy atom. The number of fused-ring (bicyclic) bond motifs is 1. The van der Waals surface area contributed by atoms with Crippen LogP contribution in [-0.4, -0.2) is 14.3 Å². The molecule has 1 aromatic heterocycles. The molecule has 1 unspecified atom stereocenters. The molecule has 4 rings (SSSR count). The third-order valence-corrected chi connectivity index (χ3v) is 4.53. The maximum Gasteiger partial charge on any atom is 0.346 e. The highest BCUT2D eigenvalue weighted by molar-refractivity contribution is 5.23. The number of rotatable bonds is 2. The van der Waals surface area contributed by atoms with Crippen molar-refractivity contribution in [3.8, 4) is 0 Å².